The Labute approximate surface area is 435 Å². The van der Waals surface area contributed by atoms with Gasteiger partial charge in [0.25, 0.3) is 0 Å². The van der Waals surface area contributed by atoms with Crippen molar-refractivity contribution in [2.75, 3.05) is 0 Å². The van der Waals surface area contributed by atoms with Gasteiger partial charge in [-0.15, -0.1) is 0 Å². The largest absolute Gasteiger partial charge is 0.507 e. The van der Waals surface area contributed by atoms with Crippen molar-refractivity contribution in [1.29, 1.82) is 0 Å². The van der Waals surface area contributed by atoms with Gasteiger partial charge in [-0.1, -0.05) is 206 Å². The lowest BCUT2D eigenvalue weighted by Gasteiger charge is -2.19. The van der Waals surface area contributed by atoms with E-state index in [1.54, 1.807) is 12.1 Å². The molecule has 0 saturated heterocycles. The molecule has 1 N–H and O–H groups in total. The highest BCUT2D eigenvalue weighted by atomic mass is 16.3. The molecule has 0 aliphatic heterocycles. The summed E-state index contributed by atoms with van der Waals surface area (Å²) in [7, 11) is 0. The molecule has 0 fully saturated rings. The molecule has 0 bridgehead atoms. The molecule has 0 saturated carbocycles. The molecule has 74 heavy (non-hydrogen) atoms. The van der Waals surface area contributed by atoms with Crippen molar-refractivity contribution in [3.05, 3.63) is 277 Å². The third kappa shape index (κ3) is 10.8. The molecule has 4 nitrogen and oxygen atoms in total. The number of benzene rings is 8. The van der Waals surface area contributed by atoms with Crippen LogP contribution in [0.15, 0.2) is 255 Å². The first-order chi connectivity index (χ1) is 36.3. The monoisotopic (exact) mass is 956 g/mol. The first-order valence-corrected chi connectivity index (χ1v) is 25.2. The number of aliphatic hydroxyl groups is 1. The molecule has 0 unspecified atom stereocenters. The zero-order chi connectivity index (χ0) is 50.8. The van der Waals surface area contributed by atoms with Crippen LogP contribution in [-0.2, 0) is 11.2 Å². The Morgan fingerprint density at radius 2 is 0.946 bits per heavy atom. The Balaban J connectivity index is 1.09. The van der Waals surface area contributed by atoms with E-state index in [2.05, 4.69) is 202 Å². The molecule has 0 aliphatic carbocycles. The average Bonchev–Trinajstić information content (AvgIpc) is 3.46. The van der Waals surface area contributed by atoms with Gasteiger partial charge in [0.15, 0.2) is 5.78 Å². The highest BCUT2D eigenvalue weighted by Crippen LogP contribution is 2.43. The fraction of sp³-hybridized carbons (Fsp3) is 0.0714. The van der Waals surface area contributed by atoms with Crippen LogP contribution in [-0.4, -0.2) is 20.9 Å². The van der Waals surface area contributed by atoms with E-state index in [9.17, 15) is 9.90 Å². The molecular formula is C70H56N2O2. The number of hydrogen-bond donors (Lipinski definition) is 1. The number of ketones is 1. The van der Waals surface area contributed by atoms with Gasteiger partial charge in [0, 0.05) is 47.1 Å². The molecule has 4 heteroatoms. The zero-order valence-corrected chi connectivity index (χ0v) is 41.9. The summed E-state index contributed by atoms with van der Waals surface area (Å²) in [4.78, 5) is 23.4. The van der Waals surface area contributed by atoms with E-state index in [0.717, 1.165) is 100 Å². The van der Waals surface area contributed by atoms with Gasteiger partial charge in [-0.2, -0.15) is 0 Å². The number of hydrogen-bond acceptors (Lipinski definition) is 4. The van der Waals surface area contributed by atoms with Crippen LogP contribution in [0.1, 0.15) is 42.5 Å². The third-order valence-electron chi connectivity index (χ3n) is 13.7. The highest BCUT2D eigenvalue weighted by Gasteiger charge is 2.19. The summed E-state index contributed by atoms with van der Waals surface area (Å²) < 4.78 is 0. The lowest BCUT2D eigenvalue weighted by atomic mass is 9.85. The molecule has 2 aromatic heterocycles. The Bertz CT molecular complexity index is 3700. The topological polar surface area (TPSA) is 63.1 Å². The lowest BCUT2D eigenvalue weighted by molar-refractivity contribution is -0.114. The lowest BCUT2D eigenvalue weighted by Crippen LogP contribution is -2.00. The normalized spacial score (nSPS) is 11.8. The van der Waals surface area contributed by atoms with Crippen LogP contribution >= 0.6 is 0 Å². The summed E-state index contributed by atoms with van der Waals surface area (Å²) in [6, 6.07) is 75.7. The van der Waals surface area contributed by atoms with Crippen molar-refractivity contribution in [3.8, 4) is 89.3 Å². The number of carbonyl (C=O) groups is 1. The fourth-order valence-corrected chi connectivity index (χ4v) is 9.82. The molecule has 8 aromatic carbocycles. The second-order valence-corrected chi connectivity index (χ2v) is 18.6. The first-order valence-electron chi connectivity index (χ1n) is 25.2. The van der Waals surface area contributed by atoms with Crippen LogP contribution in [0, 0.1) is 6.92 Å². The number of allylic oxidation sites excluding steroid dienone is 5. The molecule has 0 spiro atoms. The molecule has 358 valence electrons. The minimum Gasteiger partial charge on any atom is -0.507 e. The van der Waals surface area contributed by atoms with Gasteiger partial charge in [0.2, 0.25) is 0 Å². The number of rotatable bonds is 15. The molecule has 0 aliphatic rings. The van der Waals surface area contributed by atoms with Gasteiger partial charge in [0.1, 0.15) is 5.76 Å². The van der Waals surface area contributed by atoms with Crippen molar-refractivity contribution in [3.63, 3.8) is 0 Å². The van der Waals surface area contributed by atoms with Crippen LogP contribution in [0.4, 0.5) is 0 Å². The Morgan fingerprint density at radius 3 is 1.58 bits per heavy atom. The van der Waals surface area contributed by atoms with Crippen LogP contribution < -0.4 is 0 Å². The zero-order valence-electron chi connectivity index (χ0n) is 41.9. The molecule has 0 amide bonds. The average molecular weight is 957 g/mol. The van der Waals surface area contributed by atoms with Gasteiger partial charge in [-0.25, -0.2) is 0 Å². The molecule has 2 heterocycles. The fourth-order valence-electron chi connectivity index (χ4n) is 9.82. The standard InChI is InChI=1S/C70H56N2O2/c1-4-5-21-48(2)66-46-71-68(40-49(66)3)54-36-34-52(35-37-54)61-30-17-18-31-62(61)57-41-56(60-29-16-15-24-51(60)38-39-59(73)44-70(74)55-27-13-8-14-28-55)42-58(43-57)63-32-19-20-33-64(63)67-47-72-69(53-25-11-7-12-26-53)45-65(67)50-22-9-6-10-23-50/h4-37,40-47,74H,38-39H2,1-3H3/b5-4-,48-21+,70-44-. The van der Waals surface area contributed by atoms with Crippen molar-refractivity contribution in [1.82, 2.24) is 9.97 Å². The van der Waals surface area contributed by atoms with Gasteiger partial charge in [-0.3, -0.25) is 14.8 Å². The van der Waals surface area contributed by atoms with Gasteiger partial charge in [0.05, 0.1) is 11.4 Å². The second-order valence-electron chi connectivity index (χ2n) is 18.6. The van der Waals surface area contributed by atoms with Crippen LogP contribution in [0.2, 0.25) is 0 Å². The smallest absolute Gasteiger partial charge is 0.159 e. The van der Waals surface area contributed by atoms with E-state index >= 15 is 0 Å². The predicted octanol–water partition coefficient (Wildman–Crippen LogP) is 18.2. The number of aryl methyl sites for hydroxylation is 2. The Kier molecular flexibility index (Phi) is 14.7. The number of aliphatic hydroxyl groups excluding tert-OH is 1. The second kappa shape index (κ2) is 22.4. The maximum atomic E-state index is 13.4. The number of pyridine rings is 2. The summed E-state index contributed by atoms with van der Waals surface area (Å²) in [5.41, 5.74) is 22.0. The van der Waals surface area contributed by atoms with Crippen LogP contribution in [0.5, 0.6) is 0 Å². The third-order valence-corrected chi connectivity index (χ3v) is 13.7. The van der Waals surface area contributed by atoms with Gasteiger partial charge in [-0.05, 0) is 141 Å². The maximum absolute atomic E-state index is 13.4. The molecule has 0 atom stereocenters. The number of aromatic nitrogens is 2. The van der Waals surface area contributed by atoms with Crippen molar-refractivity contribution in [2.45, 2.75) is 33.6 Å². The number of nitrogens with zero attached hydrogens (tertiary/aromatic N) is 2. The van der Waals surface area contributed by atoms with Crippen LogP contribution in [0.3, 0.4) is 0 Å². The van der Waals surface area contributed by atoms with Crippen molar-refractivity contribution in [2.24, 2.45) is 0 Å². The minimum absolute atomic E-state index is 0.0297. The van der Waals surface area contributed by atoms with Crippen LogP contribution in [0.25, 0.3) is 101 Å². The Morgan fingerprint density at radius 1 is 0.473 bits per heavy atom. The van der Waals surface area contributed by atoms with E-state index in [1.807, 2.05) is 55.7 Å². The predicted molar refractivity (Wildman–Crippen MR) is 309 cm³/mol. The quantitative estimate of drug-likeness (QED) is 0.0632. The van der Waals surface area contributed by atoms with Gasteiger partial charge < -0.3 is 5.11 Å². The van der Waals surface area contributed by atoms with Gasteiger partial charge >= 0.3 is 0 Å². The van der Waals surface area contributed by atoms with Crippen molar-refractivity contribution < 1.29 is 9.90 Å². The highest BCUT2D eigenvalue weighted by molar-refractivity contribution is 5.97. The molecule has 0 radical (unpaired) electrons. The van der Waals surface area contributed by atoms with E-state index < -0.39 is 0 Å². The summed E-state index contributed by atoms with van der Waals surface area (Å²) in [6.45, 7) is 6.29. The van der Waals surface area contributed by atoms with E-state index in [1.165, 1.54) is 17.2 Å². The molecule has 10 aromatic rings. The van der Waals surface area contributed by atoms with E-state index in [-0.39, 0.29) is 18.0 Å². The van der Waals surface area contributed by atoms with E-state index in [4.69, 9.17) is 9.97 Å². The Hall–Kier alpha value is -9.25. The van der Waals surface area contributed by atoms with E-state index in [0.29, 0.717) is 12.0 Å². The summed E-state index contributed by atoms with van der Waals surface area (Å²) in [6.07, 6.45) is 12.3. The summed E-state index contributed by atoms with van der Waals surface area (Å²) >= 11 is 0. The maximum Gasteiger partial charge on any atom is 0.159 e. The SMILES string of the molecule is C/C=C\C=C(/C)c1cnc(-c2ccc(-c3ccccc3-c3cc(-c4ccccc4CCC(=O)/C=C(\O)c4ccccc4)cc(-c4ccccc4-c4cnc(-c5ccccc5)cc4-c4ccccc4)c3)cc2)cc1C. The number of carbonyl (C=O) groups excluding carboxylic acids is 1. The molecular weight excluding hydrogens is 901 g/mol. The minimum atomic E-state index is -0.138. The molecule has 10 rings (SSSR count). The summed E-state index contributed by atoms with van der Waals surface area (Å²) in [5, 5.41) is 10.8. The first kappa shape index (κ1) is 48.4. The van der Waals surface area contributed by atoms with Crippen molar-refractivity contribution >= 4 is 17.1 Å². The summed E-state index contributed by atoms with van der Waals surface area (Å²) in [5.74, 6) is -0.168.